The lowest BCUT2D eigenvalue weighted by Gasteiger charge is -2.25. The third-order valence-corrected chi connectivity index (χ3v) is 6.77. The normalized spacial score (nSPS) is 16.8. The molecule has 0 atom stereocenters. The van der Waals surface area contributed by atoms with Crippen LogP contribution in [0.4, 0.5) is 14.6 Å². The van der Waals surface area contributed by atoms with Gasteiger partial charge in [-0.1, -0.05) is 51.1 Å². The van der Waals surface area contributed by atoms with Crippen molar-refractivity contribution in [1.29, 1.82) is 0 Å². The summed E-state index contributed by atoms with van der Waals surface area (Å²) in [5.74, 6) is -1.38. The van der Waals surface area contributed by atoms with Crippen LogP contribution in [0.5, 0.6) is 11.5 Å². The molecule has 2 heterocycles. The molecule has 0 radical (unpaired) electrons. The number of hydrogen-bond donors (Lipinski definition) is 2. The summed E-state index contributed by atoms with van der Waals surface area (Å²) >= 11 is 0. The van der Waals surface area contributed by atoms with Crippen LogP contribution < -0.4 is 14.8 Å². The number of aromatic nitrogens is 1. The van der Waals surface area contributed by atoms with Crippen LogP contribution in [0.2, 0.25) is 0 Å². The Labute approximate surface area is 212 Å². The number of pyridine rings is 1. The Hall–Kier alpha value is -4.01. The maximum Gasteiger partial charge on any atom is 0.586 e. The highest BCUT2D eigenvalue weighted by Gasteiger charge is 2.56. The third-order valence-electron chi connectivity index (χ3n) is 6.77. The van der Waals surface area contributed by atoms with Gasteiger partial charge in [0.05, 0.1) is 16.7 Å². The molecule has 0 saturated heterocycles. The number of alkyl halides is 2. The van der Waals surface area contributed by atoms with E-state index in [9.17, 15) is 23.5 Å². The van der Waals surface area contributed by atoms with Crippen molar-refractivity contribution in [3.05, 3.63) is 70.8 Å². The first-order chi connectivity index (χ1) is 17.3. The molecule has 2 aromatic carbocycles. The van der Waals surface area contributed by atoms with Gasteiger partial charge >= 0.3 is 12.3 Å². The molecule has 0 spiro atoms. The summed E-state index contributed by atoms with van der Waals surface area (Å²) in [4.78, 5) is 30.1. The smallest absolute Gasteiger partial charge is 0.478 e. The second kappa shape index (κ2) is 8.26. The highest BCUT2D eigenvalue weighted by molar-refractivity contribution is 6.02. The molecule has 2 aliphatic rings. The Morgan fingerprint density at radius 3 is 2.38 bits per heavy atom. The molecule has 9 heteroatoms. The number of benzene rings is 2. The van der Waals surface area contributed by atoms with Crippen LogP contribution in [-0.4, -0.2) is 28.3 Å². The Bertz CT molecular complexity index is 1440. The molecule has 1 amide bonds. The van der Waals surface area contributed by atoms with E-state index >= 15 is 0 Å². The minimum atomic E-state index is -3.78. The van der Waals surface area contributed by atoms with E-state index in [1.54, 1.807) is 36.4 Å². The third kappa shape index (κ3) is 4.28. The number of anilines is 1. The largest absolute Gasteiger partial charge is 0.586 e. The molecule has 0 bridgehead atoms. The quantitative estimate of drug-likeness (QED) is 0.436. The molecule has 3 aromatic rings. The molecule has 5 rings (SSSR count). The summed E-state index contributed by atoms with van der Waals surface area (Å²) < 4.78 is 36.7. The number of hydrogen-bond acceptors (Lipinski definition) is 5. The van der Waals surface area contributed by atoms with Crippen molar-refractivity contribution in [1.82, 2.24) is 4.98 Å². The lowest BCUT2D eigenvalue weighted by molar-refractivity contribution is -0.287. The van der Waals surface area contributed by atoms with Gasteiger partial charge < -0.3 is 19.9 Å². The van der Waals surface area contributed by atoms with Crippen molar-refractivity contribution in [3.63, 3.8) is 0 Å². The molecule has 1 aliphatic carbocycles. The minimum absolute atomic E-state index is 0.106. The van der Waals surface area contributed by atoms with Gasteiger partial charge in [0.15, 0.2) is 11.5 Å². The van der Waals surface area contributed by atoms with Crippen LogP contribution in [-0.2, 0) is 15.6 Å². The molecule has 2 N–H and O–H groups in total. The first kappa shape index (κ1) is 24.7. The van der Waals surface area contributed by atoms with Crippen LogP contribution in [0.15, 0.2) is 48.5 Å². The molecule has 1 saturated carbocycles. The van der Waals surface area contributed by atoms with Gasteiger partial charge in [-0.15, -0.1) is 8.78 Å². The molecular weight excluding hydrogens is 482 g/mol. The number of ether oxygens (including phenoxy) is 2. The van der Waals surface area contributed by atoms with Crippen LogP contribution in [0.3, 0.4) is 0 Å². The van der Waals surface area contributed by atoms with E-state index in [4.69, 9.17) is 4.74 Å². The summed E-state index contributed by atoms with van der Waals surface area (Å²) in [7, 11) is 0. The lowest BCUT2D eigenvalue weighted by atomic mass is 9.79. The number of carbonyl (C=O) groups is 2. The molecule has 7 nitrogen and oxygen atoms in total. The number of para-hydroxylation sites is 1. The van der Waals surface area contributed by atoms with Gasteiger partial charge in [0.1, 0.15) is 5.82 Å². The van der Waals surface area contributed by atoms with Gasteiger partial charge in [-0.25, -0.2) is 9.78 Å². The van der Waals surface area contributed by atoms with Crippen molar-refractivity contribution in [3.8, 4) is 22.8 Å². The van der Waals surface area contributed by atoms with Crippen molar-refractivity contribution >= 4 is 17.7 Å². The maximum absolute atomic E-state index is 13.7. The van der Waals surface area contributed by atoms with Gasteiger partial charge in [-0.3, -0.25) is 4.79 Å². The zero-order valence-electron chi connectivity index (χ0n) is 20.8. The van der Waals surface area contributed by atoms with E-state index in [0.717, 1.165) is 5.56 Å². The second-order valence-corrected chi connectivity index (χ2v) is 10.5. The molecule has 192 valence electrons. The predicted molar refractivity (Wildman–Crippen MR) is 132 cm³/mol. The molecule has 0 unspecified atom stereocenters. The first-order valence-corrected chi connectivity index (χ1v) is 11.9. The zero-order chi connectivity index (χ0) is 26.8. The van der Waals surface area contributed by atoms with Gasteiger partial charge in [0.25, 0.3) is 0 Å². The maximum atomic E-state index is 13.7. The van der Waals surface area contributed by atoms with Gasteiger partial charge in [-0.2, -0.15) is 0 Å². The fourth-order valence-corrected chi connectivity index (χ4v) is 4.93. The highest BCUT2D eigenvalue weighted by atomic mass is 19.3. The molecule has 37 heavy (non-hydrogen) atoms. The number of aryl methyl sites for hydroxylation is 1. The Morgan fingerprint density at radius 2 is 1.73 bits per heavy atom. The zero-order valence-corrected chi connectivity index (χ0v) is 20.8. The van der Waals surface area contributed by atoms with E-state index in [1.165, 1.54) is 6.07 Å². The van der Waals surface area contributed by atoms with Crippen LogP contribution >= 0.6 is 0 Å². The summed E-state index contributed by atoms with van der Waals surface area (Å²) in [5, 5.41) is 12.6. The Morgan fingerprint density at radius 1 is 1.03 bits per heavy atom. The topological polar surface area (TPSA) is 97.8 Å². The van der Waals surface area contributed by atoms with E-state index in [2.05, 4.69) is 15.0 Å². The number of nitrogens with one attached hydrogen (secondary N) is 1. The van der Waals surface area contributed by atoms with Crippen molar-refractivity contribution in [2.75, 3.05) is 5.32 Å². The Kier molecular flexibility index (Phi) is 5.51. The van der Waals surface area contributed by atoms with Crippen molar-refractivity contribution < 1.29 is 33.0 Å². The van der Waals surface area contributed by atoms with E-state index in [0.29, 0.717) is 35.2 Å². The summed E-state index contributed by atoms with van der Waals surface area (Å²) in [6.45, 7) is 7.66. The van der Waals surface area contributed by atoms with Crippen LogP contribution in [0.1, 0.15) is 60.7 Å². The SMILES string of the molecule is Cc1ccc(NC(=O)C2(c3cccc4c3OC(F)(F)O4)CC2)nc1-c1cccc(C(=O)O)c1C(C)(C)C. The van der Waals surface area contributed by atoms with Gasteiger partial charge in [0.2, 0.25) is 5.91 Å². The van der Waals surface area contributed by atoms with Gasteiger partial charge in [0, 0.05) is 11.1 Å². The van der Waals surface area contributed by atoms with Crippen molar-refractivity contribution in [2.24, 2.45) is 0 Å². The predicted octanol–water partition coefficient (Wildman–Crippen LogP) is 6.04. The number of carboxylic acid groups (broad SMARTS) is 1. The van der Waals surface area contributed by atoms with E-state index in [-0.39, 0.29) is 22.9 Å². The molecule has 1 fully saturated rings. The van der Waals surface area contributed by atoms with Gasteiger partial charge in [-0.05, 0) is 54.5 Å². The number of aromatic carboxylic acids is 1. The monoisotopic (exact) mass is 508 g/mol. The molecular formula is C28H26F2N2O5. The summed E-state index contributed by atoms with van der Waals surface area (Å²) in [5.41, 5.74) is 1.66. The fourth-order valence-electron chi connectivity index (χ4n) is 4.93. The van der Waals surface area contributed by atoms with E-state index in [1.807, 2.05) is 33.8 Å². The Balaban J connectivity index is 1.51. The van der Waals surface area contributed by atoms with Crippen LogP contribution in [0.25, 0.3) is 11.3 Å². The lowest BCUT2D eigenvalue weighted by Crippen LogP contribution is -2.30. The average Bonchev–Trinajstić information content (AvgIpc) is 3.55. The fraction of sp³-hybridized carbons (Fsp3) is 0.321. The number of carbonyl (C=O) groups excluding carboxylic acids is 1. The van der Waals surface area contributed by atoms with Crippen LogP contribution in [0, 0.1) is 6.92 Å². The number of amides is 1. The number of fused-ring (bicyclic) bond motifs is 1. The number of nitrogens with zero attached hydrogens (tertiary/aromatic N) is 1. The average molecular weight is 509 g/mol. The minimum Gasteiger partial charge on any atom is -0.478 e. The van der Waals surface area contributed by atoms with Crippen molar-refractivity contribution in [2.45, 2.75) is 57.7 Å². The summed E-state index contributed by atoms with van der Waals surface area (Å²) in [6.07, 6.45) is -2.87. The highest BCUT2D eigenvalue weighted by Crippen LogP contribution is 2.56. The number of carboxylic acids is 1. The molecule has 1 aliphatic heterocycles. The second-order valence-electron chi connectivity index (χ2n) is 10.5. The number of halogens is 2. The molecule has 1 aromatic heterocycles. The standard InChI is InChI=1S/C28H26F2N2O5/c1-15-11-12-20(31-22(15)16-7-5-8-17(24(33)34)21(16)26(2,3)4)32-25(35)27(13-14-27)18-9-6-10-19-23(18)37-28(29,30)36-19/h5-12H,13-14H2,1-4H3,(H,33,34)(H,31,32,35). The first-order valence-electron chi connectivity index (χ1n) is 11.9. The van der Waals surface area contributed by atoms with E-state index < -0.39 is 29.0 Å². The summed E-state index contributed by atoms with van der Waals surface area (Å²) in [6, 6.07) is 13.0. The number of rotatable bonds is 5.